The zero-order chi connectivity index (χ0) is 9.60. The molecule has 2 aliphatic heterocycles. The Bertz CT molecular complexity index is 370. The van der Waals surface area contributed by atoms with Gasteiger partial charge in [-0.15, -0.1) is 0 Å². The molecule has 0 bridgehead atoms. The third-order valence-electron chi connectivity index (χ3n) is 3.26. The molecule has 0 aliphatic carbocycles. The Hall–Kier alpha value is -1.00. The summed E-state index contributed by atoms with van der Waals surface area (Å²) in [6.45, 7) is 4.44. The molecule has 0 unspecified atom stereocenters. The van der Waals surface area contributed by atoms with E-state index in [9.17, 15) is 0 Å². The third kappa shape index (κ3) is 1.14. The largest absolute Gasteiger partial charge is 0.312 e. The summed E-state index contributed by atoms with van der Waals surface area (Å²) in [7, 11) is 2.25. The lowest BCUT2D eigenvalue weighted by molar-refractivity contribution is 0.579. The zero-order valence-electron chi connectivity index (χ0n) is 8.45. The van der Waals surface area contributed by atoms with E-state index in [2.05, 4.69) is 22.3 Å². The van der Waals surface area contributed by atoms with Gasteiger partial charge in [-0.1, -0.05) is 0 Å². The van der Waals surface area contributed by atoms with Crippen LogP contribution in [0, 0.1) is 0 Å². The Morgan fingerprint density at radius 3 is 3.00 bits per heavy atom. The van der Waals surface area contributed by atoms with Crippen LogP contribution in [0.5, 0.6) is 0 Å². The molecule has 0 spiro atoms. The summed E-state index contributed by atoms with van der Waals surface area (Å²) in [6, 6.07) is 0. The topological polar surface area (TPSA) is 37.8 Å². The van der Waals surface area contributed by atoms with E-state index in [1.165, 1.54) is 30.2 Å². The molecule has 1 aromatic heterocycles. The summed E-state index contributed by atoms with van der Waals surface area (Å²) in [4.78, 5) is 8.81. The highest BCUT2D eigenvalue weighted by Gasteiger charge is 2.43. The molecule has 14 heavy (non-hydrogen) atoms. The monoisotopic (exact) mass is 191 g/mol. The van der Waals surface area contributed by atoms with E-state index < -0.39 is 0 Å². The molecule has 4 nitrogen and oxygen atoms in total. The van der Waals surface area contributed by atoms with Crippen LogP contribution in [0.3, 0.4) is 0 Å². The lowest BCUT2D eigenvalue weighted by atomic mass is 10.1. The maximum atomic E-state index is 4.45. The highest BCUT2D eigenvalue weighted by Crippen LogP contribution is 2.32. The van der Waals surface area contributed by atoms with E-state index in [0.29, 0.717) is 0 Å². The lowest BCUT2D eigenvalue weighted by Gasteiger charge is -2.20. The molecule has 1 saturated heterocycles. The minimum Gasteiger partial charge on any atom is -0.312 e. The average Bonchev–Trinajstić information content (AvgIpc) is 2.97. The Balaban J connectivity index is 2.11. The van der Waals surface area contributed by atoms with Crippen molar-refractivity contribution in [2.75, 3.05) is 26.7 Å². The van der Waals surface area contributed by atoms with Crippen molar-refractivity contribution in [2.45, 2.75) is 13.0 Å². The quantitative estimate of drug-likeness (QED) is 0.504. The first-order chi connectivity index (χ1) is 6.80. The first-order valence-corrected chi connectivity index (χ1v) is 5.18. The van der Waals surface area contributed by atoms with Crippen LogP contribution < -0.4 is 9.80 Å². The second-order valence-corrected chi connectivity index (χ2v) is 4.39. The van der Waals surface area contributed by atoms with Crippen molar-refractivity contribution in [1.82, 2.24) is 19.8 Å². The number of aromatic nitrogens is 2. The predicted octanol–water partition coefficient (Wildman–Crippen LogP) is 0.0730. The molecule has 0 radical (unpaired) electrons. The lowest BCUT2D eigenvalue weighted by Crippen LogP contribution is -2.30. The SMILES string of the molecule is C[N+]1(c2ncnc3c2CNCC3)CC1. The van der Waals surface area contributed by atoms with Gasteiger partial charge in [0.05, 0.1) is 18.3 Å². The van der Waals surface area contributed by atoms with Gasteiger partial charge >= 0.3 is 0 Å². The highest BCUT2D eigenvalue weighted by molar-refractivity contribution is 5.49. The van der Waals surface area contributed by atoms with Gasteiger partial charge in [-0.25, -0.2) is 4.98 Å². The minimum absolute atomic E-state index is 0.944. The van der Waals surface area contributed by atoms with E-state index >= 15 is 0 Å². The summed E-state index contributed by atoms with van der Waals surface area (Å²) in [5, 5.41) is 3.39. The van der Waals surface area contributed by atoms with Crippen LogP contribution in [0.15, 0.2) is 6.33 Å². The summed E-state index contributed by atoms with van der Waals surface area (Å²) < 4.78 is 1.01. The molecule has 2 aliphatic rings. The van der Waals surface area contributed by atoms with Crippen LogP contribution >= 0.6 is 0 Å². The minimum atomic E-state index is 0.944. The fraction of sp³-hybridized carbons (Fsp3) is 0.600. The normalized spacial score (nSPS) is 22.9. The molecule has 74 valence electrons. The molecule has 3 heterocycles. The van der Waals surface area contributed by atoms with Gasteiger partial charge in [-0.05, 0) is 0 Å². The van der Waals surface area contributed by atoms with Crippen LogP contribution in [0.1, 0.15) is 11.3 Å². The zero-order valence-corrected chi connectivity index (χ0v) is 8.45. The number of quaternary nitrogens is 1. The van der Waals surface area contributed by atoms with E-state index in [1.54, 1.807) is 6.33 Å². The van der Waals surface area contributed by atoms with Crippen LogP contribution in [0.2, 0.25) is 0 Å². The number of nitrogens with zero attached hydrogens (tertiary/aromatic N) is 3. The Labute approximate surface area is 83.6 Å². The maximum absolute atomic E-state index is 4.45. The van der Waals surface area contributed by atoms with Gasteiger partial charge in [0.25, 0.3) is 0 Å². The van der Waals surface area contributed by atoms with Gasteiger partial charge in [-0.3, -0.25) is 4.48 Å². The predicted molar refractivity (Wildman–Crippen MR) is 54.9 cm³/mol. The first-order valence-electron chi connectivity index (χ1n) is 5.18. The summed E-state index contributed by atoms with van der Waals surface area (Å²) in [5.41, 5.74) is 2.60. The molecule has 4 heteroatoms. The van der Waals surface area contributed by atoms with Crippen molar-refractivity contribution in [2.24, 2.45) is 0 Å². The number of hydrogen-bond donors (Lipinski definition) is 1. The van der Waals surface area contributed by atoms with Crippen molar-refractivity contribution >= 4 is 5.82 Å². The Morgan fingerprint density at radius 1 is 1.36 bits per heavy atom. The summed E-state index contributed by atoms with van der Waals surface area (Å²) in [5.74, 6) is 1.24. The molecule has 1 N–H and O–H groups in total. The maximum Gasteiger partial charge on any atom is 0.235 e. The number of likely N-dealkylation sites (N-methyl/N-ethyl adjacent to an activating group) is 1. The van der Waals surface area contributed by atoms with Crippen molar-refractivity contribution in [3.8, 4) is 0 Å². The van der Waals surface area contributed by atoms with Gasteiger partial charge in [0, 0.05) is 19.5 Å². The van der Waals surface area contributed by atoms with Crippen LogP contribution in [0.25, 0.3) is 0 Å². The van der Waals surface area contributed by atoms with E-state index in [1.807, 2.05) is 0 Å². The van der Waals surface area contributed by atoms with Crippen molar-refractivity contribution in [1.29, 1.82) is 0 Å². The molecule has 0 atom stereocenters. The first kappa shape index (κ1) is 8.32. The number of hydrogen-bond acceptors (Lipinski definition) is 3. The van der Waals surface area contributed by atoms with Crippen LogP contribution in [0.4, 0.5) is 5.82 Å². The van der Waals surface area contributed by atoms with Gasteiger partial charge in [0.2, 0.25) is 5.82 Å². The van der Waals surface area contributed by atoms with E-state index in [-0.39, 0.29) is 0 Å². The molecule has 0 aromatic carbocycles. The third-order valence-corrected chi connectivity index (χ3v) is 3.26. The number of nitrogens with one attached hydrogen (secondary N) is 1. The van der Waals surface area contributed by atoms with E-state index in [0.717, 1.165) is 24.0 Å². The molecule has 0 saturated carbocycles. The molecule has 1 aromatic rings. The molecular weight excluding hydrogens is 176 g/mol. The van der Waals surface area contributed by atoms with Crippen LogP contribution in [-0.4, -0.2) is 36.6 Å². The smallest absolute Gasteiger partial charge is 0.235 e. The molecule has 1 fully saturated rings. The standard InChI is InChI=1S/C10H15N4/c1-14(4-5-14)10-8-6-11-3-2-9(8)12-7-13-10/h7,11H,2-6H2,1H3/q+1. The summed E-state index contributed by atoms with van der Waals surface area (Å²) in [6.07, 6.45) is 2.77. The second kappa shape index (κ2) is 2.74. The second-order valence-electron chi connectivity index (χ2n) is 4.39. The van der Waals surface area contributed by atoms with E-state index in [4.69, 9.17) is 0 Å². The van der Waals surface area contributed by atoms with Crippen molar-refractivity contribution < 1.29 is 0 Å². The van der Waals surface area contributed by atoms with Crippen LogP contribution in [-0.2, 0) is 13.0 Å². The summed E-state index contributed by atoms with van der Waals surface area (Å²) >= 11 is 0. The fourth-order valence-electron chi connectivity index (χ4n) is 2.08. The van der Waals surface area contributed by atoms with Gasteiger partial charge in [-0.2, -0.15) is 4.98 Å². The molecular formula is C10H15N4+. The average molecular weight is 191 g/mol. The number of rotatable bonds is 1. The van der Waals surface area contributed by atoms with Gasteiger partial charge in [0.15, 0.2) is 0 Å². The van der Waals surface area contributed by atoms with Gasteiger partial charge in [0.1, 0.15) is 19.4 Å². The van der Waals surface area contributed by atoms with Crippen molar-refractivity contribution in [3.63, 3.8) is 0 Å². The van der Waals surface area contributed by atoms with Crippen molar-refractivity contribution in [3.05, 3.63) is 17.6 Å². The highest BCUT2D eigenvalue weighted by atomic mass is 15.5. The Kier molecular flexibility index (Phi) is 1.63. The Morgan fingerprint density at radius 2 is 2.21 bits per heavy atom. The van der Waals surface area contributed by atoms with Gasteiger partial charge < -0.3 is 5.32 Å². The molecule has 3 rings (SSSR count). The fourth-order valence-corrected chi connectivity index (χ4v) is 2.08. The number of fused-ring (bicyclic) bond motifs is 1. The molecule has 0 amide bonds.